The average molecular weight is 259 g/mol. The molecule has 0 radical (unpaired) electrons. The van der Waals surface area contributed by atoms with Crippen LogP contribution in [0.3, 0.4) is 0 Å². The summed E-state index contributed by atoms with van der Waals surface area (Å²) in [7, 11) is 1.67. The number of rotatable bonds is 3. The Labute approximate surface area is 112 Å². The zero-order valence-electron chi connectivity index (χ0n) is 11.1. The first-order valence-corrected chi connectivity index (χ1v) is 6.50. The maximum absolute atomic E-state index is 5.76. The predicted molar refractivity (Wildman–Crippen MR) is 71.0 cm³/mol. The van der Waals surface area contributed by atoms with Crippen LogP contribution in [0.4, 0.5) is 0 Å². The van der Waals surface area contributed by atoms with E-state index in [4.69, 9.17) is 9.15 Å². The molecule has 1 aliphatic rings. The lowest BCUT2D eigenvalue weighted by atomic mass is 10.1. The minimum absolute atomic E-state index is 0.209. The Morgan fingerprint density at radius 1 is 1.37 bits per heavy atom. The van der Waals surface area contributed by atoms with Gasteiger partial charge in [0, 0.05) is 5.56 Å². The van der Waals surface area contributed by atoms with Crippen molar-refractivity contribution in [1.82, 2.24) is 15.5 Å². The van der Waals surface area contributed by atoms with Crippen LogP contribution in [-0.2, 0) is 0 Å². The summed E-state index contributed by atoms with van der Waals surface area (Å²) >= 11 is 0. The Hall–Kier alpha value is -1.88. The van der Waals surface area contributed by atoms with Crippen molar-refractivity contribution in [3.8, 4) is 17.2 Å². The van der Waals surface area contributed by atoms with Crippen molar-refractivity contribution >= 4 is 0 Å². The molecule has 100 valence electrons. The van der Waals surface area contributed by atoms with Crippen LogP contribution in [0.2, 0.25) is 0 Å². The molecule has 2 heterocycles. The highest BCUT2D eigenvalue weighted by atomic mass is 16.5. The first-order valence-electron chi connectivity index (χ1n) is 6.50. The highest BCUT2D eigenvalue weighted by molar-refractivity contribution is 5.56. The van der Waals surface area contributed by atoms with E-state index < -0.39 is 0 Å². The Morgan fingerprint density at radius 3 is 2.95 bits per heavy atom. The molecule has 1 N–H and O–H groups in total. The van der Waals surface area contributed by atoms with Gasteiger partial charge < -0.3 is 14.5 Å². The molecular formula is C14H17N3O2. The molecule has 19 heavy (non-hydrogen) atoms. The molecule has 5 heteroatoms. The molecule has 0 amide bonds. The lowest BCUT2D eigenvalue weighted by Gasteiger charge is -2.05. The van der Waals surface area contributed by atoms with Crippen molar-refractivity contribution in [2.45, 2.75) is 25.8 Å². The van der Waals surface area contributed by atoms with Crippen LogP contribution in [0.25, 0.3) is 11.5 Å². The minimum atomic E-state index is 0.209. The maximum Gasteiger partial charge on any atom is 0.247 e. The highest BCUT2D eigenvalue weighted by Gasteiger charge is 2.22. The summed E-state index contributed by atoms with van der Waals surface area (Å²) in [5.74, 6) is 2.11. The van der Waals surface area contributed by atoms with Gasteiger partial charge in [0.05, 0.1) is 13.2 Å². The van der Waals surface area contributed by atoms with Gasteiger partial charge in [-0.15, -0.1) is 10.2 Å². The summed E-state index contributed by atoms with van der Waals surface area (Å²) < 4.78 is 11.0. The highest BCUT2D eigenvalue weighted by Crippen LogP contribution is 2.28. The smallest absolute Gasteiger partial charge is 0.247 e. The van der Waals surface area contributed by atoms with E-state index in [-0.39, 0.29) is 6.04 Å². The van der Waals surface area contributed by atoms with Crippen molar-refractivity contribution < 1.29 is 9.15 Å². The zero-order valence-corrected chi connectivity index (χ0v) is 11.1. The van der Waals surface area contributed by atoms with Gasteiger partial charge in [-0.2, -0.15) is 0 Å². The molecule has 1 aliphatic heterocycles. The van der Waals surface area contributed by atoms with Crippen LogP contribution in [0.15, 0.2) is 22.6 Å². The van der Waals surface area contributed by atoms with Crippen LogP contribution in [0.5, 0.6) is 5.75 Å². The molecule has 1 atom stereocenters. The molecule has 3 rings (SSSR count). The molecular weight excluding hydrogens is 242 g/mol. The number of methoxy groups -OCH3 is 1. The fourth-order valence-electron chi connectivity index (χ4n) is 2.40. The molecule has 1 unspecified atom stereocenters. The van der Waals surface area contributed by atoms with Gasteiger partial charge >= 0.3 is 0 Å². The number of aryl methyl sites for hydroxylation is 1. The number of benzene rings is 1. The zero-order chi connectivity index (χ0) is 13.2. The van der Waals surface area contributed by atoms with Crippen molar-refractivity contribution in [3.63, 3.8) is 0 Å². The van der Waals surface area contributed by atoms with Crippen molar-refractivity contribution in [2.24, 2.45) is 0 Å². The van der Waals surface area contributed by atoms with E-state index in [1.165, 1.54) is 0 Å². The molecule has 0 saturated carbocycles. The number of aromatic nitrogens is 2. The normalized spacial score (nSPS) is 18.7. The number of hydrogen-bond donors (Lipinski definition) is 1. The second-order valence-electron chi connectivity index (χ2n) is 4.78. The number of hydrogen-bond acceptors (Lipinski definition) is 5. The molecule has 2 aromatic rings. The van der Waals surface area contributed by atoms with Gasteiger partial charge in [-0.25, -0.2) is 0 Å². The van der Waals surface area contributed by atoms with Gasteiger partial charge in [-0.3, -0.25) is 0 Å². The van der Waals surface area contributed by atoms with E-state index in [0.29, 0.717) is 11.8 Å². The van der Waals surface area contributed by atoms with Gasteiger partial charge in [-0.05, 0) is 50.1 Å². The SMILES string of the molecule is COc1ccc(-c2nnc(C3CCCN3)o2)cc1C. The third kappa shape index (κ3) is 2.33. The molecule has 0 aliphatic carbocycles. The molecule has 1 aromatic carbocycles. The Morgan fingerprint density at radius 2 is 2.26 bits per heavy atom. The lowest BCUT2D eigenvalue weighted by molar-refractivity contribution is 0.411. The Kier molecular flexibility index (Phi) is 3.21. The van der Waals surface area contributed by atoms with Gasteiger partial charge in [0.2, 0.25) is 11.8 Å². The summed E-state index contributed by atoms with van der Waals surface area (Å²) in [6.07, 6.45) is 2.22. The Bertz CT molecular complexity index is 574. The molecule has 1 fully saturated rings. The van der Waals surface area contributed by atoms with E-state index in [1.807, 2.05) is 25.1 Å². The quantitative estimate of drug-likeness (QED) is 0.917. The van der Waals surface area contributed by atoms with E-state index in [0.717, 1.165) is 36.3 Å². The summed E-state index contributed by atoms with van der Waals surface area (Å²) in [4.78, 5) is 0. The standard InChI is InChI=1S/C14H17N3O2/c1-9-8-10(5-6-12(9)18-2)13-16-17-14(19-13)11-4-3-7-15-11/h5-6,8,11,15H,3-4,7H2,1-2H3. The van der Waals surface area contributed by atoms with Gasteiger partial charge in [0.1, 0.15) is 5.75 Å². The largest absolute Gasteiger partial charge is 0.496 e. The number of ether oxygens (including phenoxy) is 1. The van der Waals surface area contributed by atoms with Gasteiger partial charge in [-0.1, -0.05) is 0 Å². The Balaban J connectivity index is 1.87. The second kappa shape index (κ2) is 5.01. The fraction of sp³-hybridized carbons (Fsp3) is 0.429. The number of nitrogens with one attached hydrogen (secondary N) is 1. The van der Waals surface area contributed by atoms with E-state index in [9.17, 15) is 0 Å². The first-order chi connectivity index (χ1) is 9.28. The van der Waals surface area contributed by atoms with Crippen LogP contribution in [-0.4, -0.2) is 23.9 Å². The fourth-order valence-corrected chi connectivity index (χ4v) is 2.40. The predicted octanol–water partition coefficient (Wildman–Crippen LogP) is 2.48. The summed E-state index contributed by atoms with van der Waals surface area (Å²) in [6, 6.07) is 6.06. The molecule has 1 aromatic heterocycles. The van der Waals surface area contributed by atoms with Crippen LogP contribution in [0.1, 0.15) is 30.3 Å². The van der Waals surface area contributed by atoms with Crippen LogP contribution in [0, 0.1) is 6.92 Å². The van der Waals surface area contributed by atoms with E-state index in [1.54, 1.807) is 7.11 Å². The molecule has 0 spiro atoms. The molecule has 5 nitrogen and oxygen atoms in total. The maximum atomic E-state index is 5.76. The van der Waals surface area contributed by atoms with Crippen molar-refractivity contribution in [1.29, 1.82) is 0 Å². The monoisotopic (exact) mass is 259 g/mol. The first kappa shape index (κ1) is 12.2. The summed E-state index contributed by atoms with van der Waals surface area (Å²) in [6.45, 7) is 3.02. The van der Waals surface area contributed by atoms with Crippen LogP contribution >= 0.6 is 0 Å². The third-order valence-electron chi connectivity index (χ3n) is 3.44. The van der Waals surface area contributed by atoms with Crippen LogP contribution < -0.4 is 10.1 Å². The van der Waals surface area contributed by atoms with Gasteiger partial charge in [0.25, 0.3) is 0 Å². The second-order valence-corrected chi connectivity index (χ2v) is 4.78. The van der Waals surface area contributed by atoms with Gasteiger partial charge in [0.15, 0.2) is 0 Å². The van der Waals surface area contributed by atoms with Crippen molar-refractivity contribution in [3.05, 3.63) is 29.7 Å². The lowest BCUT2D eigenvalue weighted by Crippen LogP contribution is -2.12. The molecule has 1 saturated heterocycles. The number of nitrogens with zero attached hydrogens (tertiary/aromatic N) is 2. The average Bonchev–Trinajstić information content (AvgIpc) is 3.09. The minimum Gasteiger partial charge on any atom is -0.496 e. The van der Waals surface area contributed by atoms with E-state index >= 15 is 0 Å². The topological polar surface area (TPSA) is 60.2 Å². The third-order valence-corrected chi connectivity index (χ3v) is 3.44. The summed E-state index contributed by atoms with van der Waals surface area (Å²) in [5, 5.41) is 11.6. The van der Waals surface area contributed by atoms with E-state index in [2.05, 4.69) is 15.5 Å². The summed E-state index contributed by atoms with van der Waals surface area (Å²) in [5.41, 5.74) is 1.98. The van der Waals surface area contributed by atoms with Crippen molar-refractivity contribution in [2.75, 3.05) is 13.7 Å². The molecule has 0 bridgehead atoms.